The van der Waals surface area contributed by atoms with E-state index in [4.69, 9.17) is 4.84 Å². The van der Waals surface area contributed by atoms with Gasteiger partial charge in [-0.05, 0) is 35.7 Å². The number of hydrogen-bond acceptors (Lipinski definition) is 5. The van der Waals surface area contributed by atoms with Gasteiger partial charge in [0.15, 0.2) is 0 Å². The first kappa shape index (κ1) is 17.8. The molecule has 1 aromatic heterocycles. The zero-order chi connectivity index (χ0) is 19.5. The minimum atomic E-state index is -0.775. The van der Waals surface area contributed by atoms with Crippen molar-refractivity contribution in [2.75, 3.05) is 5.32 Å². The average molecular weight is 379 g/mol. The number of rotatable bonds is 5. The molecule has 1 aliphatic rings. The van der Waals surface area contributed by atoms with Gasteiger partial charge in [0.1, 0.15) is 12.1 Å². The molecule has 4 rings (SSSR count). The van der Waals surface area contributed by atoms with Crippen LogP contribution in [0.1, 0.15) is 23.1 Å². The summed E-state index contributed by atoms with van der Waals surface area (Å²) >= 11 is 0. The summed E-state index contributed by atoms with van der Waals surface area (Å²) in [7, 11) is 0. The number of aromatic nitrogens is 3. The minimum absolute atomic E-state index is 0.206. The lowest BCUT2D eigenvalue weighted by atomic mass is 10.0. The Balaban J connectivity index is 1.35. The molecule has 0 aliphatic carbocycles. The van der Waals surface area contributed by atoms with E-state index >= 15 is 0 Å². The molecule has 1 N–H and O–H groups in total. The van der Waals surface area contributed by atoms with Crippen LogP contribution in [0.15, 0.2) is 60.0 Å². The zero-order valence-corrected chi connectivity index (χ0v) is 15.2. The van der Waals surface area contributed by atoms with E-state index < -0.39 is 6.10 Å². The Morgan fingerprint density at radius 2 is 2.04 bits per heavy atom. The highest BCUT2D eigenvalue weighted by Crippen LogP contribution is 2.18. The van der Waals surface area contributed by atoms with Crippen molar-refractivity contribution >= 4 is 17.6 Å². The number of aryl methyl sites for hydroxylation is 1. The maximum Gasteiger partial charge on any atom is 0.271 e. The van der Waals surface area contributed by atoms with Crippen LogP contribution in [0.4, 0.5) is 10.3 Å². The molecule has 1 aliphatic heterocycles. The molecule has 0 saturated heterocycles. The van der Waals surface area contributed by atoms with E-state index in [1.165, 1.54) is 12.1 Å². The first-order valence-electron chi connectivity index (χ1n) is 8.82. The van der Waals surface area contributed by atoms with Gasteiger partial charge in [-0.1, -0.05) is 41.6 Å². The molecule has 0 spiro atoms. The van der Waals surface area contributed by atoms with Gasteiger partial charge in [0.05, 0.1) is 12.3 Å². The number of amides is 1. The number of carbonyl (C=O) groups is 1. The Morgan fingerprint density at radius 1 is 1.25 bits per heavy atom. The van der Waals surface area contributed by atoms with E-state index in [0.717, 1.165) is 16.7 Å². The average Bonchev–Trinajstić information content (AvgIpc) is 3.34. The van der Waals surface area contributed by atoms with Crippen molar-refractivity contribution in [2.45, 2.75) is 26.0 Å². The normalized spacial score (nSPS) is 15.8. The lowest BCUT2D eigenvalue weighted by Crippen LogP contribution is -2.28. The molecule has 2 aromatic carbocycles. The second kappa shape index (κ2) is 7.59. The van der Waals surface area contributed by atoms with Crippen LogP contribution in [-0.2, 0) is 16.2 Å². The highest BCUT2D eigenvalue weighted by Gasteiger charge is 2.29. The molecule has 1 amide bonds. The molecule has 142 valence electrons. The fraction of sp³-hybridized carbons (Fsp3) is 0.200. The molecular weight excluding hydrogens is 361 g/mol. The van der Waals surface area contributed by atoms with Crippen molar-refractivity contribution in [1.29, 1.82) is 0 Å². The van der Waals surface area contributed by atoms with Gasteiger partial charge in [-0.15, -0.1) is 5.10 Å². The summed E-state index contributed by atoms with van der Waals surface area (Å²) < 4.78 is 14.7. The van der Waals surface area contributed by atoms with Crippen molar-refractivity contribution in [3.8, 4) is 0 Å². The van der Waals surface area contributed by atoms with Crippen LogP contribution in [0.25, 0.3) is 0 Å². The molecule has 1 atom stereocenters. The van der Waals surface area contributed by atoms with Crippen LogP contribution in [0, 0.1) is 12.7 Å². The molecule has 1 unspecified atom stereocenters. The van der Waals surface area contributed by atoms with Crippen molar-refractivity contribution in [3.63, 3.8) is 0 Å². The second-order valence-corrected chi connectivity index (χ2v) is 6.52. The number of benzene rings is 2. The Morgan fingerprint density at radius 3 is 2.82 bits per heavy atom. The molecule has 0 fully saturated rings. The number of carbonyl (C=O) groups excluding carboxylic acids is 1. The summed E-state index contributed by atoms with van der Waals surface area (Å²) in [4.78, 5) is 21.8. The standard InChI is InChI=1S/C20H18FN5O2/c1-13-4-2-3-5-15(13)11-26-12-22-20(24-26)23-19(27)18-10-17(25-28-18)14-6-8-16(21)9-7-14/h2-9,12,18H,10-11H2,1H3,(H,23,24,27). The van der Waals surface area contributed by atoms with Gasteiger partial charge < -0.3 is 4.84 Å². The summed E-state index contributed by atoms with van der Waals surface area (Å²) in [5, 5.41) is 10.9. The van der Waals surface area contributed by atoms with E-state index in [1.54, 1.807) is 23.1 Å². The predicted octanol–water partition coefficient (Wildman–Crippen LogP) is 2.91. The minimum Gasteiger partial charge on any atom is -0.382 e. The fourth-order valence-corrected chi connectivity index (χ4v) is 2.91. The smallest absolute Gasteiger partial charge is 0.271 e. The largest absolute Gasteiger partial charge is 0.382 e. The summed E-state index contributed by atoms with van der Waals surface area (Å²) in [6.07, 6.45) is 1.09. The molecule has 2 heterocycles. The number of halogens is 1. The van der Waals surface area contributed by atoms with Gasteiger partial charge in [0.25, 0.3) is 5.91 Å². The molecule has 0 radical (unpaired) electrons. The van der Waals surface area contributed by atoms with Gasteiger partial charge in [-0.2, -0.15) is 0 Å². The number of hydrogen-bond donors (Lipinski definition) is 1. The maximum atomic E-state index is 13.0. The molecule has 8 heteroatoms. The number of nitrogens with one attached hydrogen (secondary N) is 1. The molecule has 0 bridgehead atoms. The van der Waals surface area contributed by atoms with Crippen molar-refractivity contribution in [2.24, 2.45) is 5.16 Å². The summed E-state index contributed by atoms with van der Waals surface area (Å²) in [5.41, 5.74) is 3.60. The fourth-order valence-electron chi connectivity index (χ4n) is 2.91. The summed E-state index contributed by atoms with van der Waals surface area (Å²) in [6, 6.07) is 13.9. The molecule has 7 nitrogen and oxygen atoms in total. The summed E-state index contributed by atoms with van der Waals surface area (Å²) in [5.74, 6) is -0.503. The number of nitrogens with zero attached hydrogens (tertiary/aromatic N) is 4. The Kier molecular flexibility index (Phi) is 4.84. The first-order valence-corrected chi connectivity index (χ1v) is 8.82. The van der Waals surface area contributed by atoms with Crippen molar-refractivity contribution in [1.82, 2.24) is 14.8 Å². The van der Waals surface area contributed by atoms with Gasteiger partial charge in [0, 0.05) is 6.42 Å². The molecule has 0 saturated carbocycles. The van der Waals surface area contributed by atoms with Gasteiger partial charge in [-0.25, -0.2) is 14.1 Å². The van der Waals surface area contributed by atoms with Crippen molar-refractivity contribution < 1.29 is 14.0 Å². The highest BCUT2D eigenvalue weighted by atomic mass is 19.1. The van der Waals surface area contributed by atoms with Crippen LogP contribution < -0.4 is 5.32 Å². The van der Waals surface area contributed by atoms with E-state index in [1.807, 2.05) is 31.2 Å². The SMILES string of the molecule is Cc1ccccc1Cn1cnc(NC(=O)C2CC(c3ccc(F)cc3)=NO2)n1. The van der Waals surface area contributed by atoms with Crippen molar-refractivity contribution in [3.05, 3.63) is 77.4 Å². The molecule has 28 heavy (non-hydrogen) atoms. The van der Waals surface area contributed by atoms with E-state index in [2.05, 4.69) is 20.6 Å². The Bertz CT molecular complexity index is 1030. The lowest BCUT2D eigenvalue weighted by molar-refractivity contribution is -0.125. The van der Waals surface area contributed by atoms with Crippen LogP contribution in [0.5, 0.6) is 0 Å². The Labute approximate surface area is 160 Å². The third-order valence-electron chi connectivity index (χ3n) is 4.50. The monoisotopic (exact) mass is 379 g/mol. The van der Waals surface area contributed by atoms with E-state index in [0.29, 0.717) is 18.7 Å². The number of oxime groups is 1. The highest BCUT2D eigenvalue weighted by molar-refractivity contribution is 6.05. The first-order chi connectivity index (χ1) is 13.6. The maximum absolute atomic E-state index is 13.0. The van der Waals surface area contributed by atoms with Gasteiger partial charge >= 0.3 is 0 Å². The molecule has 3 aromatic rings. The van der Waals surface area contributed by atoms with Crippen LogP contribution in [0.3, 0.4) is 0 Å². The van der Waals surface area contributed by atoms with Crippen LogP contribution in [0.2, 0.25) is 0 Å². The second-order valence-electron chi connectivity index (χ2n) is 6.52. The lowest BCUT2D eigenvalue weighted by Gasteiger charge is -2.07. The van der Waals surface area contributed by atoms with Gasteiger partial charge in [0.2, 0.25) is 12.1 Å². The predicted molar refractivity (Wildman–Crippen MR) is 101 cm³/mol. The molecular formula is C20H18FN5O2. The zero-order valence-electron chi connectivity index (χ0n) is 15.2. The van der Waals surface area contributed by atoms with Crippen LogP contribution >= 0.6 is 0 Å². The number of anilines is 1. The van der Waals surface area contributed by atoms with E-state index in [9.17, 15) is 9.18 Å². The Hall–Kier alpha value is -3.55. The van der Waals surface area contributed by atoms with Gasteiger partial charge in [-0.3, -0.25) is 10.1 Å². The third kappa shape index (κ3) is 3.90. The van der Waals surface area contributed by atoms with Crippen LogP contribution in [-0.4, -0.2) is 32.5 Å². The third-order valence-corrected chi connectivity index (χ3v) is 4.50. The van der Waals surface area contributed by atoms with E-state index in [-0.39, 0.29) is 17.7 Å². The topological polar surface area (TPSA) is 81.4 Å². The quantitative estimate of drug-likeness (QED) is 0.739. The summed E-state index contributed by atoms with van der Waals surface area (Å²) in [6.45, 7) is 2.60.